The Hall–Kier alpha value is -2.32. The highest BCUT2D eigenvalue weighted by atomic mass is 19.4. The quantitative estimate of drug-likeness (QED) is 0.778. The number of aromatic nitrogens is 2. The Morgan fingerprint density at radius 2 is 2.14 bits per heavy atom. The largest absolute Gasteiger partial charge is 0.449 e. The summed E-state index contributed by atoms with van der Waals surface area (Å²) in [5.41, 5.74) is 0.324. The van der Waals surface area contributed by atoms with E-state index < -0.39 is 17.9 Å². The van der Waals surface area contributed by atoms with Crippen molar-refractivity contribution >= 4 is 11.8 Å². The first kappa shape index (κ1) is 16.1. The normalized spacial score (nSPS) is 14.5. The molecule has 1 aliphatic rings. The molecule has 0 spiro atoms. The van der Waals surface area contributed by atoms with Crippen molar-refractivity contribution in [1.29, 1.82) is 0 Å². The van der Waals surface area contributed by atoms with E-state index in [9.17, 15) is 22.8 Å². The maximum Gasteiger partial charge on any atom is 0.449 e. The molecule has 9 heteroatoms. The van der Waals surface area contributed by atoms with E-state index in [0.717, 1.165) is 16.8 Å². The third-order valence-corrected chi connectivity index (χ3v) is 3.41. The summed E-state index contributed by atoms with van der Waals surface area (Å²) in [6, 6.07) is 0. The van der Waals surface area contributed by atoms with Crippen LogP contribution in [0.15, 0.2) is 18.9 Å². The lowest BCUT2D eigenvalue weighted by atomic mass is 10.3. The summed E-state index contributed by atoms with van der Waals surface area (Å²) in [6.07, 6.45) is -2.30. The topological polar surface area (TPSA) is 58.4 Å². The molecule has 0 atom stereocenters. The van der Waals surface area contributed by atoms with Crippen LogP contribution in [0.4, 0.5) is 13.2 Å². The molecule has 0 N–H and O–H groups in total. The second kappa shape index (κ2) is 5.82. The first-order chi connectivity index (χ1) is 10.2. The molecule has 1 aliphatic heterocycles. The van der Waals surface area contributed by atoms with Gasteiger partial charge >= 0.3 is 6.18 Å². The Morgan fingerprint density at radius 3 is 2.73 bits per heavy atom. The van der Waals surface area contributed by atoms with E-state index in [0.29, 0.717) is 5.69 Å². The first-order valence-electron chi connectivity index (χ1n) is 6.51. The molecule has 2 heterocycles. The van der Waals surface area contributed by atoms with Gasteiger partial charge in [0.2, 0.25) is 17.6 Å². The number of nitrogens with zero attached hydrogens (tertiary/aromatic N) is 4. The van der Waals surface area contributed by atoms with E-state index in [4.69, 9.17) is 0 Å². The summed E-state index contributed by atoms with van der Waals surface area (Å²) in [5, 5.41) is 0. The highest BCUT2D eigenvalue weighted by Gasteiger charge is 2.38. The summed E-state index contributed by atoms with van der Waals surface area (Å²) < 4.78 is 39.3. The van der Waals surface area contributed by atoms with Gasteiger partial charge < -0.3 is 14.4 Å². The molecule has 6 nitrogen and oxygen atoms in total. The second-order valence-electron chi connectivity index (χ2n) is 4.94. The van der Waals surface area contributed by atoms with Crippen LogP contribution in [0.3, 0.4) is 0 Å². The van der Waals surface area contributed by atoms with Gasteiger partial charge in [0.15, 0.2) is 0 Å². The zero-order valence-corrected chi connectivity index (χ0v) is 11.9. The molecule has 0 saturated heterocycles. The van der Waals surface area contributed by atoms with Crippen LogP contribution in [-0.2, 0) is 28.9 Å². The molecule has 1 aromatic heterocycles. The zero-order chi connectivity index (χ0) is 16.5. The fraction of sp³-hybridized carbons (Fsp3) is 0.462. The van der Waals surface area contributed by atoms with Gasteiger partial charge in [-0.2, -0.15) is 13.2 Å². The number of amides is 2. The SMILES string of the molecule is C=CC(=O)N(C)CC(=O)N1CCn2c(cnc2C(F)(F)F)C1. The van der Waals surface area contributed by atoms with Crippen LogP contribution in [0.25, 0.3) is 0 Å². The monoisotopic (exact) mass is 316 g/mol. The number of fused-ring (bicyclic) bond motifs is 1. The Morgan fingerprint density at radius 1 is 1.45 bits per heavy atom. The predicted octanol–water partition coefficient (Wildman–Crippen LogP) is 0.889. The van der Waals surface area contributed by atoms with Crippen molar-refractivity contribution in [2.45, 2.75) is 19.3 Å². The minimum atomic E-state index is -4.51. The zero-order valence-electron chi connectivity index (χ0n) is 11.9. The van der Waals surface area contributed by atoms with Gasteiger partial charge in [-0.3, -0.25) is 9.59 Å². The lowest BCUT2D eigenvalue weighted by Crippen LogP contribution is -2.44. The molecule has 0 aliphatic carbocycles. The van der Waals surface area contributed by atoms with Crippen LogP contribution in [-0.4, -0.2) is 51.3 Å². The van der Waals surface area contributed by atoms with Gasteiger partial charge in [-0.05, 0) is 6.08 Å². The Bertz CT molecular complexity index is 609. The van der Waals surface area contributed by atoms with Crippen LogP contribution in [0.1, 0.15) is 11.5 Å². The minimum absolute atomic E-state index is 0.0229. The number of alkyl halides is 3. The van der Waals surface area contributed by atoms with Crippen LogP contribution >= 0.6 is 0 Å². The van der Waals surface area contributed by atoms with Crippen molar-refractivity contribution in [3.63, 3.8) is 0 Å². The second-order valence-corrected chi connectivity index (χ2v) is 4.94. The molecule has 0 saturated carbocycles. The van der Waals surface area contributed by atoms with Crippen LogP contribution in [0.2, 0.25) is 0 Å². The summed E-state index contributed by atoms with van der Waals surface area (Å²) in [6.45, 7) is 3.38. The van der Waals surface area contributed by atoms with Crippen molar-refractivity contribution < 1.29 is 22.8 Å². The fourth-order valence-electron chi connectivity index (χ4n) is 2.26. The van der Waals surface area contributed by atoms with Crippen molar-refractivity contribution in [2.75, 3.05) is 20.1 Å². The fourth-order valence-corrected chi connectivity index (χ4v) is 2.26. The van der Waals surface area contributed by atoms with Gasteiger partial charge in [0.05, 0.1) is 25.0 Å². The summed E-state index contributed by atoms with van der Waals surface area (Å²) >= 11 is 0. The number of hydrogen-bond acceptors (Lipinski definition) is 3. The molecule has 0 aromatic carbocycles. The number of rotatable bonds is 3. The molecule has 22 heavy (non-hydrogen) atoms. The smallest absolute Gasteiger partial charge is 0.333 e. The van der Waals surface area contributed by atoms with Crippen LogP contribution < -0.4 is 0 Å². The minimum Gasteiger partial charge on any atom is -0.333 e. The number of hydrogen-bond donors (Lipinski definition) is 0. The van der Waals surface area contributed by atoms with Crippen molar-refractivity contribution in [2.24, 2.45) is 0 Å². The molecule has 0 unspecified atom stereocenters. The highest BCUT2D eigenvalue weighted by molar-refractivity contribution is 5.90. The Kier molecular flexibility index (Phi) is 4.25. The number of carbonyl (C=O) groups is 2. The molecule has 0 radical (unpaired) electrons. The molecule has 1 aromatic rings. The highest BCUT2D eigenvalue weighted by Crippen LogP contribution is 2.30. The van der Waals surface area contributed by atoms with E-state index in [1.165, 1.54) is 16.8 Å². The van der Waals surface area contributed by atoms with Gasteiger partial charge in [-0.1, -0.05) is 6.58 Å². The Balaban J connectivity index is 2.07. The number of imidazole rings is 1. The van der Waals surface area contributed by atoms with E-state index in [2.05, 4.69) is 11.6 Å². The molecule has 0 fully saturated rings. The molecule has 2 rings (SSSR count). The Labute approximate surface area is 124 Å². The predicted molar refractivity (Wildman–Crippen MR) is 70.5 cm³/mol. The molecule has 120 valence electrons. The molecular weight excluding hydrogens is 301 g/mol. The average molecular weight is 316 g/mol. The van der Waals surface area contributed by atoms with E-state index in [1.54, 1.807) is 0 Å². The summed E-state index contributed by atoms with van der Waals surface area (Å²) in [7, 11) is 1.46. The molecular formula is C13H15F3N4O2. The third kappa shape index (κ3) is 3.12. The standard InChI is InChI=1S/C13H15F3N4O2/c1-3-10(21)18(2)8-11(22)19-4-5-20-9(7-19)6-17-12(20)13(14,15)16/h3,6H,1,4-5,7-8H2,2H3. The van der Waals surface area contributed by atoms with E-state index in [1.807, 2.05) is 0 Å². The lowest BCUT2D eigenvalue weighted by Gasteiger charge is -2.30. The number of halogens is 3. The van der Waals surface area contributed by atoms with Gasteiger partial charge in [-0.15, -0.1) is 0 Å². The van der Waals surface area contributed by atoms with E-state index in [-0.39, 0.29) is 32.1 Å². The van der Waals surface area contributed by atoms with Crippen molar-refractivity contribution in [3.8, 4) is 0 Å². The van der Waals surface area contributed by atoms with Crippen LogP contribution in [0, 0.1) is 0 Å². The first-order valence-corrected chi connectivity index (χ1v) is 6.51. The van der Waals surface area contributed by atoms with Crippen molar-refractivity contribution in [3.05, 3.63) is 30.4 Å². The summed E-state index contributed by atoms with van der Waals surface area (Å²) in [4.78, 5) is 29.4. The third-order valence-electron chi connectivity index (χ3n) is 3.41. The van der Waals surface area contributed by atoms with Gasteiger partial charge in [0, 0.05) is 20.1 Å². The average Bonchev–Trinajstić information content (AvgIpc) is 2.89. The molecule has 2 amide bonds. The number of likely N-dealkylation sites (N-methyl/N-ethyl adjacent to an activating group) is 1. The van der Waals surface area contributed by atoms with Crippen molar-refractivity contribution in [1.82, 2.24) is 19.4 Å². The van der Waals surface area contributed by atoms with E-state index >= 15 is 0 Å². The van der Waals surface area contributed by atoms with Gasteiger partial charge in [0.25, 0.3) is 0 Å². The maximum atomic E-state index is 12.7. The lowest BCUT2D eigenvalue weighted by molar-refractivity contribution is -0.148. The number of carbonyl (C=O) groups excluding carboxylic acids is 2. The van der Waals surface area contributed by atoms with Crippen LogP contribution in [0.5, 0.6) is 0 Å². The molecule has 0 bridgehead atoms. The summed E-state index contributed by atoms with van der Waals surface area (Å²) in [5.74, 6) is -1.68. The van der Waals surface area contributed by atoms with Gasteiger partial charge in [-0.25, -0.2) is 4.98 Å². The maximum absolute atomic E-state index is 12.7. The van der Waals surface area contributed by atoms with Gasteiger partial charge in [0.1, 0.15) is 0 Å².